The Morgan fingerprint density at radius 2 is 1.60 bits per heavy atom. The molecule has 0 bridgehead atoms. The Labute approximate surface area is 181 Å². The van der Waals surface area contributed by atoms with Crippen molar-refractivity contribution in [2.75, 3.05) is 26.2 Å². The average molecular weight is 403 g/mol. The average Bonchev–Trinajstić information content (AvgIpc) is 3.62. The third kappa shape index (κ3) is 5.79. The Kier molecular flexibility index (Phi) is 6.96. The van der Waals surface area contributed by atoms with E-state index in [9.17, 15) is 0 Å². The van der Waals surface area contributed by atoms with Crippen molar-refractivity contribution >= 4 is 5.84 Å². The molecule has 1 aromatic heterocycles. The summed E-state index contributed by atoms with van der Waals surface area (Å²) in [6.45, 7) is 7.00. The molecule has 1 saturated heterocycles. The molecule has 1 aliphatic carbocycles. The number of hydrogen-bond acceptors (Lipinski definition) is 3. The fourth-order valence-electron chi connectivity index (χ4n) is 4.20. The minimum atomic E-state index is 0.771. The summed E-state index contributed by atoms with van der Waals surface area (Å²) in [5.74, 6) is 0.771. The quantitative estimate of drug-likeness (QED) is 0.378. The molecule has 0 spiro atoms. The van der Waals surface area contributed by atoms with Gasteiger partial charge in [0.25, 0.3) is 0 Å². The van der Waals surface area contributed by atoms with Crippen LogP contribution in [-0.4, -0.2) is 46.8 Å². The molecule has 30 heavy (non-hydrogen) atoms. The van der Waals surface area contributed by atoms with Crippen LogP contribution >= 0.6 is 0 Å². The molecule has 1 aliphatic heterocycles. The molecule has 4 nitrogen and oxygen atoms in total. The van der Waals surface area contributed by atoms with E-state index in [0.29, 0.717) is 0 Å². The number of allylic oxidation sites excluding steroid dienone is 2. The fourth-order valence-corrected chi connectivity index (χ4v) is 4.20. The van der Waals surface area contributed by atoms with Gasteiger partial charge in [-0.1, -0.05) is 48.9 Å². The van der Waals surface area contributed by atoms with Gasteiger partial charge in [0, 0.05) is 51.0 Å². The molecule has 0 amide bonds. The summed E-state index contributed by atoms with van der Waals surface area (Å²) in [7, 11) is 0. The second-order valence-corrected chi connectivity index (χ2v) is 8.56. The molecule has 0 atom stereocenters. The molecule has 0 radical (unpaired) electrons. The van der Waals surface area contributed by atoms with E-state index < -0.39 is 0 Å². The van der Waals surface area contributed by atoms with E-state index in [-0.39, 0.29) is 0 Å². The third-order valence-corrected chi connectivity index (χ3v) is 6.37. The van der Waals surface area contributed by atoms with Crippen molar-refractivity contribution in [2.24, 2.45) is 0 Å². The highest BCUT2D eigenvalue weighted by molar-refractivity contribution is 5.78. The second-order valence-electron chi connectivity index (χ2n) is 8.56. The van der Waals surface area contributed by atoms with Gasteiger partial charge in [0.05, 0.1) is 5.84 Å². The number of amidine groups is 1. The van der Waals surface area contributed by atoms with Crippen molar-refractivity contribution in [1.29, 1.82) is 5.41 Å². The molecule has 2 aliphatic rings. The summed E-state index contributed by atoms with van der Waals surface area (Å²) in [5.41, 5.74) is 7.04. The maximum Gasteiger partial charge on any atom is 0.0955 e. The van der Waals surface area contributed by atoms with E-state index in [2.05, 4.69) is 59.2 Å². The normalized spacial score (nSPS) is 16.4. The van der Waals surface area contributed by atoms with Crippen LogP contribution in [0.1, 0.15) is 48.6 Å². The van der Waals surface area contributed by atoms with Crippen LogP contribution in [0.3, 0.4) is 0 Å². The largest absolute Gasteiger partial charge is 0.358 e. The van der Waals surface area contributed by atoms with Gasteiger partial charge in [0.2, 0.25) is 0 Å². The van der Waals surface area contributed by atoms with E-state index in [1.54, 1.807) is 5.57 Å². The van der Waals surface area contributed by atoms with Crippen molar-refractivity contribution in [3.63, 3.8) is 0 Å². The van der Waals surface area contributed by atoms with Gasteiger partial charge in [-0.25, -0.2) is 0 Å². The number of pyridine rings is 1. The van der Waals surface area contributed by atoms with E-state index >= 15 is 0 Å². The van der Waals surface area contributed by atoms with E-state index in [1.807, 2.05) is 6.20 Å². The summed E-state index contributed by atoms with van der Waals surface area (Å²) in [6, 6.07) is 13.5. The Hall–Kier alpha value is -2.46. The highest BCUT2D eigenvalue weighted by Crippen LogP contribution is 2.24. The van der Waals surface area contributed by atoms with Crippen LogP contribution in [0.15, 0.2) is 54.2 Å². The lowest BCUT2D eigenvalue weighted by atomic mass is 10.0. The Balaban J connectivity index is 1.29. The zero-order chi connectivity index (χ0) is 20.8. The first-order valence-corrected chi connectivity index (χ1v) is 11.4. The predicted octanol–water partition coefficient (Wildman–Crippen LogP) is 4.63. The predicted molar refractivity (Wildman–Crippen MR) is 124 cm³/mol. The molecule has 1 fully saturated rings. The number of piperazine rings is 1. The van der Waals surface area contributed by atoms with Crippen LogP contribution in [0.25, 0.3) is 0 Å². The first-order valence-electron chi connectivity index (χ1n) is 11.4. The highest BCUT2D eigenvalue weighted by Gasteiger charge is 2.19. The SMILES string of the molecule is CCC(=N)N1CCN(Cc2cccnc2CCc2ccc(CCC3=CC3)cc2)CC1. The summed E-state index contributed by atoms with van der Waals surface area (Å²) >= 11 is 0. The molecule has 2 aromatic rings. The first kappa shape index (κ1) is 20.8. The summed E-state index contributed by atoms with van der Waals surface area (Å²) in [5, 5.41) is 8.04. The second kappa shape index (κ2) is 10.0. The van der Waals surface area contributed by atoms with Gasteiger partial charge in [0.1, 0.15) is 0 Å². The summed E-state index contributed by atoms with van der Waals surface area (Å²) < 4.78 is 0. The maximum atomic E-state index is 8.04. The van der Waals surface area contributed by atoms with Gasteiger partial charge in [-0.15, -0.1) is 0 Å². The van der Waals surface area contributed by atoms with Crippen molar-refractivity contribution in [1.82, 2.24) is 14.8 Å². The molecule has 2 heterocycles. The smallest absolute Gasteiger partial charge is 0.0955 e. The summed E-state index contributed by atoms with van der Waals surface area (Å²) in [4.78, 5) is 9.43. The fraction of sp³-hybridized carbons (Fsp3) is 0.462. The van der Waals surface area contributed by atoms with E-state index in [1.165, 1.54) is 41.6 Å². The van der Waals surface area contributed by atoms with Crippen LogP contribution < -0.4 is 0 Å². The summed E-state index contributed by atoms with van der Waals surface area (Å²) in [6.07, 6.45) is 10.7. The molecule has 1 N–H and O–H groups in total. The minimum Gasteiger partial charge on any atom is -0.358 e. The number of hydrogen-bond donors (Lipinski definition) is 1. The molecule has 4 heteroatoms. The molecular formula is C26H34N4. The molecule has 0 saturated carbocycles. The molecule has 158 valence electrons. The van der Waals surface area contributed by atoms with Crippen LogP contribution in [0.5, 0.6) is 0 Å². The zero-order valence-corrected chi connectivity index (χ0v) is 18.2. The van der Waals surface area contributed by atoms with Crippen LogP contribution in [0, 0.1) is 5.41 Å². The van der Waals surface area contributed by atoms with Gasteiger partial charge in [-0.05, 0) is 54.9 Å². The number of aromatic nitrogens is 1. The van der Waals surface area contributed by atoms with Crippen LogP contribution in [0.4, 0.5) is 0 Å². The first-order chi connectivity index (χ1) is 14.7. The maximum absolute atomic E-state index is 8.04. The minimum absolute atomic E-state index is 0.771. The zero-order valence-electron chi connectivity index (χ0n) is 18.2. The Morgan fingerprint density at radius 3 is 2.23 bits per heavy atom. The molecule has 1 aromatic carbocycles. The number of benzene rings is 1. The van der Waals surface area contributed by atoms with Crippen LogP contribution in [0.2, 0.25) is 0 Å². The van der Waals surface area contributed by atoms with Crippen molar-refractivity contribution in [3.05, 3.63) is 76.6 Å². The number of nitrogens with zero attached hydrogens (tertiary/aromatic N) is 3. The monoisotopic (exact) mass is 402 g/mol. The van der Waals surface area contributed by atoms with Gasteiger partial charge in [-0.3, -0.25) is 15.3 Å². The Morgan fingerprint density at radius 1 is 0.933 bits per heavy atom. The van der Waals surface area contributed by atoms with E-state index in [0.717, 1.165) is 57.8 Å². The van der Waals surface area contributed by atoms with Gasteiger partial charge in [-0.2, -0.15) is 0 Å². The molecular weight excluding hydrogens is 368 g/mol. The number of aryl methyl sites for hydroxylation is 3. The van der Waals surface area contributed by atoms with Crippen molar-refractivity contribution in [2.45, 2.75) is 52.0 Å². The lowest BCUT2D eigenvalue weighted by Gasteiger charge is -2.36. The number of rotatable bonds is 9. The van der Waals surface area contributed by atoms with Crippen molar-refractivity contribution in [3.8, 4) is 0 Å². The number of nitrogens with one attached hydrogen (secondary N) is 1. The van der Waals surface area contributed by atoms with E-state index in [4.69, 9.17) is 10.4 Å². The topological polar surface area (TPSA) is 43.2 Å². The van der Waals surface area contributed by atoms with Gasteiger partial charge < -0.3 is 4.90 Å². The molecule has 0 unspecified atom stereocenters. The standard InChI is InChI=1S/C26H34N4/c1-2-26(27)30-18-16-29(17-19-30)20-24-4-3-15-28-25(24)14-13-23-11-9-22(10-12-23)8-7-21-5-6-21/h3-5,9-12,15,27H,2,6-8,13-14,16-20H2,1H3. The highest BCUT2D eigenvalue weighted by atomic mass is 15.3. The lowest BCUT2D eigenvalue weighted by Crippen LogP contribution is -2.48. The van der Waals surface area contributed by atoms with Crippen LogP contribution in [-0.2, 0) is 25.8 Å². The Bertz CT molecular complexity index is 876. The third-order valence-electron chi connectivity index (χ3n) is 6.37. The lowest BCUT2D eigenvalue weighted by molar-refractivity contribution is 0.173. The van der Waals surface area contributed by atoms with Crippen molar-refractivity contribution < 1.29 is 0 Å². The molecule has 4 rings (SSSR count). The van der Waals surface area contributed by atoms with Gasteiger partial charge in [0.15, 0.2) is 0 Å². The van der Waals surface area contributed by atoms with Gasteiger partial charge >= 0.3 is 0 Å².